The van der Waals surface area contributed by atoms with Gasteiger partial charge in [-0.1, -0.05) is 23.5 Å². The maximum absolute atomic E-state index is 6.48. The van der Waals surface area contributed by atoms with Gasteiger partial charge >= 0.3 is 0 Å². The van der Waals surface area contributed by atoms with Crippen molar-refractivity contribution in [2.24, 2.45) is 17.8 Å². The lowest BCUT2D eigenvalue weighted by Gasteiger charge is -2.57. The van der Waals surface area contributed by atoms with Crippen molar-refractivity contribution in [2.45, 2.75) is 44.1 Å². The largest absolute Gasteiger partial charge is 0.393 e. The molecule has 3 aromatic rings. The third-order valence-electron chi connectivity index (χ3n) is 6.82. The molecule has 0 amide bonds. The van der Waals surface area contributed by atoms with Crippen LogP contribution in [0.4, 0.5) is 22.5 Å². The minimum Gasteiger partial charge on any atom is -0.393 e. The standard InChI is InChI=1S/C21H24N6S/c22-17-18(26-20-25-15-3-1-2-4-16(15)28-20)23-11-24-19(17)27-21-8-12-5-13(9-21)7-14(6-12)10-21/h1-4,11-14H,5-10,22H2,(H2,23,24,25,26,27). The summed E-state index contributed by atoms with van der Waals surface area (Å²) in [6, 6.07) is 8.11. The summed E-state index contributed by atoms with van der Waals surface area (Å²) in [6.45, 7) is 0. The van der Waals surface area contributed by atoms with Crippen LogP contribution >= 0.6 is 11.3 Å². The maximum atomic E-state index is 6.48. The number of anilines is 4. The summed E-state index contributed by atoms with van der Waals surface area (Å²) in [5.41, 5.74) is 8.21. The number of thiazole rings is 1. The average molecular weight is 393 g/mol. The van der Waals surface area contributed by atoms with E-state index in [9.17, 15) is 0 Å². The molecule has 144 valence electrons. The highest BCUT2D eigenvalue weighted by atomic mass is 32.1. The lowest BCUT2D eigenvalue weighted by atomic mass is 9.53. The molecule has 4 fully saturated rings. The Morgan fingerprint density at radius 1 is 0.964 bits per heavy atom. The van der Waals surface area contributed by atoms with Gasteiger partial charge < -0.3 is 16.4 Å². The Morgan fingerprint density at radius 3 is 2.36 bits per heavy atom. The second kappa shape index (κ2) is 6.04. The van der Waals surface area contributed by atoms with E-state index in [1.54, 1.807) is 17.7 Å². The Morgan fingerprint density at radius 2 is 1.64 bits per heavy atom. The number of rotatable bonds is 4. The van der Waals surface area contributed by atoms with E-state index >= 15 is 0 Å². The predicted molar refractivity (Wildman–Crippen MR) is 114 cm³/mol. The van der Waals surface area contributed by atoms with Gasteiger partial charge in [-0.15, -0.1) is 0 Å². The quantitative estimate of drug-likeness (QED) is 0.591. The van der Waals surface area contributed by atoms with Crippen LogP contribution in [0.2, 0.25) is 0 Å². The van der Waals surface area contributed by atoms with Gasteiger partial charge in [-0.05, 0) is 68.4 Å². The minimum atomic E-state index is 0.171. The van der Waals surface area contributed by atoms with Crippen molar-refractivity contribution in [2.75, 3.05) is 16.4 Å². The first-order valence-corrected chi connectivity index (χ1v) is 11.0. The van der Waals surface area contributed by atoms with E-state index in [-0.39, 0.29) is 5.54 Å². The number of aromatic nitrogens is 3. The molecule has 6 nitrogen and oxygen atoms in total. The van der Waals surface area contributed by atoms with Crippen molar-refractivity contribution in [3.8, 4) is 0 Å². The summed E-state index contributed by atoms with van der Waals surface area (Å²) in [7, 11) is 0. The maximum Gasteiger partial charge on any atom is 0.189 e. The summed E-state index contributed by atoms with van der Waals surface area (Å²) in [5, 5.41) is 7.87. The summed E-state index contributed by atoms with van der Waals surface area (Å²) in [4.78, 5) is 13.5. The Kier molecular flexibility index (Phi) is 3.57. The molecule has 0 unspecified atom stereocenters. The van der Waals surface area contributed by atoms with Gasteiger partial charge in [0.1, 0.15) is 12.0 Å². The molecule has 4 bridgehead atoms. The van der Waals surface area contributed by atoms with Crippen LogP contribution in [-0.4, -0.2) is 20.5 Å². The zero-order chi connectivity index (χ0) is 18.7. The molecular weight excluding hydrogens is 368 g/mol. The number of hydrogen-bond donors (Lipinski definition) is 3. The molecule has 7 heteroatoms. The van der Waals surface area contributed by atoms with Crippen molar-refractivity contribution in [1.29, 1.82) is 0 Å². The van der Waals surface area contributed by atoms with Gasteiger partial charge in [-0.25, -0.2) is 15.0 Å². The van der Waals surface area contributed by atoms with Gasteiger partial charge in [0.2, 0.25) is 0 Å². The van der Waals surface area contributed by atoms with Gasteiger partial charge in [-0.3, -0.25) is 0 Å². The number of fused-ring (bicyclic) bond motifs is 1. The molecule has 0 saturated heterocycles. The van der Waals surface area contributed by atoms with Crippen molar-refractivity contribution in [3.63, 3.8) is 0 Å². The Hall–Kier alpha value is -2.41. The van der Waals surface area contributed by atoms with E-state index in [2.05, 4.69) is 31.7 Å². The lowest BCUT2D eigenvalue weighted by molar-refractivity contribution is 0.0106. The van der Waals surface area contributed by atoms with Crippen molar-refractivity contribution in [3.05, 3.63) is 30.6 Å². The zero-order valence-corrected chi connectivity index (χ0v) is 16.5. The number of hydrogen-bond acceptors (Lipinski definition) is 7. The van der Waals surface area contributed by atoms with E-state index in [0.29, 0.717) is 11.5 Å². The predicted octanol–water partition coefficient (Wildman–Crippen LogP) is 4.79. The molecule has 0 atom stereocenters. The summed E-state index contributed by atoms with van der Waals surface area (Å²) in [5.74, 6) is 4.02. The average Bonchev–Trinajstić information content (AvgIpc) is 3.06. The number of nitrogens with zero attached hydrogens (tertiary/aromatic N) is 3. The smallest absolute Gasteiger partial charge is 0.189 e. The van der Waals surface area contributed by atoms with Crippen LogP contribution in [0.15, 0.2) is 30.6 Å². The minimum absolute atomic E-state index is 0.171. The van der Waals surface area contributed by atoms with Crippen LogP contribution in [-0.2, 0) is 0 Å². The third-order valence-corrected chi connectivity index (χ3v) is 7.78. The first-order valence-electron chi connectivity index (χ1n) is 10.2. The van der Waals surface area contributed by atoms with Gasteiger partial charge in [0.25, 0.3) is 0 Å². The van der Waals surface area contributed by atoms with E-state index in [1.165, 1.54) is 38.5 Å². The van der Waals surface area contributed by atoms with E-state index in [4.69, 9.17) is 5.73 Å². The molecule has 4 aliphatic carbocycles. The van der Waals surface area contributed by atoms with Gasteiger partial charge in [-0.2, -0.15) is 0 Å². The van der Waals surface area contributed by atoms with Gasteiger partial charge in [0, 0.05) is 5.54 Å². The Labute approximate surface area is 168 Å². The molecule has 4 aliphatic rings. The normalized spacial score (nSPS) is 30.6. The third kappa shape index (κ3) is 2.71. The molecule has 1 aromatic carbocycles. The molecular formula is C21H24N6S. The second-order valence-corrected chi connectivity index (χ2v) is 9.95. The molecule has 2 aromatic heterocycles. The molecule has 28 heavy (non-hydrogen) atoms. The summed E-state index contributed by atoms with van der Waals surface area (Å²) < 4.78 is 1.14. The van der Waals surface area contributed by atoms with Crippen LogP contribution in [0, 0.1) is 17.8 Å². The first-order chi connectivity index (χ1) is 13.7. The molecule has 2 heterocycles. The van der Waals surface area contributed by atoms with Gasteiger partial charge in [0.05, 0.1) is 10.2 Å². The highest BCUT2D eigenvalue weighted by Gasteiger charge is 2.51. The summed E-state index contributed by atoms with van der Waals surface area (Å²) >= 11 is 1.60. The number of benzene rings is 1. The fraction of sp³-hybridized carbons (Fsp3) is 0.476. The fourth-order valence-corrected chi connectivity index (χ4v) is 7.00. The Bertz CT molecular complexity index is 976. The molecule has 4 N–H and O–H groups in total. The van der Waals surface area contributed by atoms with Crippen molar-refractivity contribution < 1.29 is 0 Å². The van der Waals surface area contributed by atoms with Crippen molar-refractivity contribution in [1.82, 2.24) is 15.0 Å². The van der Waals surface area contributed by atoms with Crippen LogP contribution in [0.5, 0.6) is 0 Å². The Balaban J connectivity index is 1.28. The number of nitrogens with one attached hydrogen (secondary N) is 2. The molecule has 7 rings (SSSR count). The molecule has 0 spiro atoms. The highest BCUT2D eigenvalue weighted by Crippen LogP contribution is 2.56. The van der Waals surface area contributed by atoms with E-state index in [0.717, 1.165) is 38.9 Å². The number of para-hydroxylation sites is 1. The molecule has 4 saturated carbocycles. The number of nitrogens with two attached hydrogens (primary N) is 1. The van der Waals surface area contributed by atoms with Crippen molar-refractivity contribution >= 4 is 44.0 Å². The van der Waals surface area contributed by atoms with Crippen LogP contribution < -0.4 is 16.4 Å². The number of nitrogen functional groups attached to an aromatic ring is 1. The lowest BCUT2D eigenvalue weighted by Crippen LogP contribution is -2.55. The SMILES string of the molecule is Nc1c(Nc2nc3ccccc3s2)ncnc1NC12CC3CC(CC(C3)C1)C2. The van der Waals surface area contributed by atoms with Crippen LogP contribution in [0.1, 0.15) is 38.5 Å². The molecule has 0 radical (unpaired) electrons. The van der Waals surface area contributed by atoms with Gasteiger partial charge in [0.15, 0.2) is 16.8 Å². The first kappa shape index (κ1) is 16.5. The van der Waals surface area contributed by atoms with E-state index < -0.39 is 0 Å². The molecule has 0 aliphatic heterocycles. The fourth-order valence-electron chi connectivity index (χ4n) is 6.14. The van der Waals surface area contributed by atoms with Crippen LogP contribution in [0.25, 0.3) is 10.2 Å². The van der Waals surface area contributed by atoms with Crippen LogP contribution in [0.3, 0.4) is 0 Å². The summed E-state index contributed by atoms with van der Waals surface area (Å²) in [6.07, 6.45) is 9.61. The monoisotopic (exact) mass is 392 g/mol. The second-order valence-electron chi connectivity index (χ2n) is 8.92. The zero-order valence-electron chi connectivity index (χ0n) is 15.7. The topological polar surface area (TPSA) is 88.8 Å². The highest BCUT2D eigenvalue weighted by molar-refractivity contribution is 7.22. The van der Waals surface area contributed by atoms with E-state index in [1.807, 2.05) is 18.2 Å².